The van der Waals surface area contributed by atoms with Crippen molar-refractivity contribution in [2.45, 2.75) is 0 Å². The van der Waals surface area contributed by atoms with E-state index in [2.05, 4.69) is 9.97 Å². The summed E-state index contributed by atoms with van der Waals surface area (Å²) in [6, 6.07) is 8.62. The predicted molar refractivity (Wildman–Crippen MR) is 103 cm³/mol. The lowest BCUT2D eigenvalue weighted by molar-refractivity contribution is 0.388. The molecule has 0 aliphatic rings. The van der Waals surface area contributed by atoms with Crippen molar-refractivity contribution in [3.63, 3.8) is 0 Å². The third kappa shape index (κ3) is 2.16. The first-order valence-electron chi connectivity index (χ1n) is 8.60. The van der Waals surface area contributed by atoms with Crippen LogP contribution in [-0.2, 0) is 7.05 Å². The van der Waals surface area contributed by atoms with E-state index in [0.29, 0.717) is 44.1 Å². The quantitative estimate of drug-likeness (QED) is 0.348. The number of nitrogens with one attached hydrogen (secondary N) is 2. The van der Waals surface area contributed by atoms with Crippen LogP contribution >= 0.6 is 0 Å². The fourth-order valence-electron chi connectivity index (χ4n) is 3.77. The molecular weight excluding hydrogens is 364 g/mol. The maximum absolute atomic E-state index is 13.8. The molecule has 0 saturated heterocycles. The zero-order chi connectivity index (χ0) is 19.6. The molecule has 0 amide bonds. The Morgan fingerprint density at radius 3 is 1.61 bits per heavy atom. The van der Waals surface area contributed by atoms with Crippen molar-refractivity contribution in [1.82, 2.24) is 14.5 Å². The maximum atomic E-state index is 13.8. The molecule has 0 spiro atoms. The molecule has 0 fully saturated rings. The van der Waals surface area contributed by atoms with Crippen LogP contribution in [-0.4, -0.2) is 24.7 Å². The van der Waals surface area contributed by atoms with Crippen molar-refractivity contribution in [3.05, 3.63) is 60.4 Å². The van der Waals surface area contributed by atoms with E-state index in [9.17, 15) is 19.0 Å². The SMILES string of the molecule is Cn1c(O)c(-c2c[nH]c3ccc(F)cc23)c(-c2c[nH]c3ccc(F)cc23)c1O. The summed E-state index contributed by atoms with van der Waals surface area (Å²) < 4.78 is 28.9. The van der Waals surface area contributed by atoms with E-state index in [1.54, 1.807) is 24.5 Å². The van der Waals surface area contributed by atoms with Gasteiger partial charge in [-0.15, -0.1) is 0 Å². The minimum atomic E-state index is -0.413. The van der Waals surface area contributed by atoms with Crippen LogP contribution in [0.4, 0.5) is 8.78 Å². The molecule has 0 atom stereocenters. The van der Waals surface area contributed by atoms with Gasteiger partial charge in [-0.1, -0.05) is 0 Å². The molecule has 0 saturated carbocycles. The van der Waals surface area contributed by atoms with Crippen molar-refractivity contribution in [1.29, 1.82) is 0 Å². The molecule has 5 rings (SSSR count). The normalized spacial score (nSPS) is 11.7. The second-order valence-electron chi connectivity index (χ2n) is 6.74. The Bertz CT molecular complexity index is 1270. The number of aromatic amines is 2. The number of hydrogen-bond donors (Lipinski definition) is 4. The second kappa shape index (κ2) is 5.63. The minimum Gasteiger partial charge on any atom is -0.494 e. The third-order valence-corrected chi connectivity index (χ3v) is 5.16. The average Bonchev–Trinajstić information content (AvgIpc) is 3.32. The van der Waals surface area contributed by atoms with Gasteiger partial charge in [0.2, 0.25) is 11.8 Å². The summed E-state index contributed by atoms with van der Waals surface area (Å²) in [6.07, 6.45) is 3.30. The van der Waals surface area contributed by atoms with Gasteiger partial charge < -0.3 is 20.2 Å². The van der Waals surface area contributed by atoms with Gasteiger partial charge in [-0.2, -0.15) is 0 Å². The fourth-order valence-corrected chi connectivity index (χ4v) is 3.77. The minimum absolute atomic E-state index is 0.177. The average molecular weight is 379 g/mol. The standard InChI is InChI=1S/C21H15F2N3O2/c1-26-20(27)18(14-8-24-16-4-2-10(22)6-12(14)16)19(21(26)28)15-9-25-17-5-3-11(23)7-13(15)17/h2-9,24-25,27-28H,1H3. The second-order valence-corrected chi connectivity index (χ2v) is 6.74. The summed E-state index contributed by atoms with van der Waals surface area (Å²) >= 11 is 0. The highest BCUT2D eigenvalue weighted by molar-refractivity contribution is 6.07. The smallest absolute Gasteiger partial charge is 0.202 e. The number of aromatic hydroxyl groups is 2. The van der Waals surface area contributed by atoms with Crippen LogP contribution < -0.4 is 0 Å². The molecule has 28 heavy (non-hydrogen) atoms. The summed E-state index contributed by atoms with van der Waals surface area (Å²) in [7, 11) is 1.52. The summed E-state index contributed by atoms with van der Waals surface area (Å²) in [5.41, 5.74) is 3.11. The van der Waals surface area contributed by atoms with Gasteiger partial charge in [0.15, 0.2) is 0 Å². The number of fused-ring (bicyclic) bond motifs is 2. The Morgan fingerprint density at radius 1 is 0.750 bits per heavy atom. The molecule has 0 radical (unpaired) electrons. The van der Waals surface area contributed by atoms with Gasteiger partial charge in [0.1, 0.15) is 11.6 Å². The molecule has 140 valence electrons. The first-order chi connectivity index (χ1) is 13.5. The summed E-state index contributed by atoms with van der Waals surface area (Å²) in [5.74, 6) is -1.18. The molecule has 3 aromatic heterocycles. The van der Waals surface area contributed by atoms with Crippen molar-refractivity contribution in [2.75, 3.05) is 0 Å². The van der Waals surface area contributed by atoms with E-state index in [-0.39, 0.29) is 11.8 Å². The Hall–Kier alpha value is -3.74. The number of halogens is 2. The van der Waals surface area contributed by atoms with Crippen LogP contribution in [0.2, 0.25) is 0 Å². The lowest BCUT2D eigenvalue weighted by Gasteiger charge is -2.04. The highest BCUT2D eigenvalue weighted by Gasteiger charge is 2.27. The number of aromatic nitrogens is 3. The van der Waals surface area contributed by atoms with Gasteiger partial charge >= 0.3 is 0 Å². The molecule has 7 heteroatoms. The van der Waals surface area contributed by atoms with Crippen LogP contribution in [0.25, 0.3) is 44.1 Å². The van der Waals surface area contributed by atoms with Crippen LogP contribution in [0.5, 0.6) is 11.8 Å². The van der Waals surface area contributed by atoms with Gasteiger partial charge in [-0.05, 0) is 36.4 Å². The van der Waals surface area contributed by atoms with Crippen molar-refractivity contribution in [2.24, 2.45) is 7.05 Å². The van der Waals surface area contributed by atoms with E-state index in [1.165, 1.54) is 35.9 Å². The number of rotatable bonds is 2. The molecule has 5 aromatic rings. The van der Waals surface area contributed by atoms with E-state index >= 15 is 0 Å². The molecule has 2 aromatic carbocycles. The first kappa shape index (κ1) is 16.4. The zero-order valence-corrected chi connectivity index (χ0v) is 14.7. The number of nitrogens with zero attached hydrogens (tertiary/aromatic N) is 1. The molecule has 0 unspecified atom stereocenters. The highest BCUT2D eigenvalue weighted by atomic mass is 19.1. The van der Waals surface area contributed by atoms with Gasteiger partial charge in [0.05, 0.1) is 11.1 Å². The van der Waals surface area contributed by atoms with E-state index in [1.807, 2.05) is 0 Å². The predicted octanol–water partition coefficient (Wildman–Crippen LogP) is 5.01. The Kier molecular flexibility index (Phi) is 3.30. The van der Waals surface area contributed by atoms with Gasteiger partial charge in [-0.25, -0.2) is 8.78 Å². The molecule has 5 nitrogen and oxygen atoms in total. The van der Waals surface area contributed by atoms with Crippen LogP contribution in [0, 0.1) is 11.6 Å². The highest BCUT2D eigenvalue weighted by Crippen LogP contribution is 2.49. The van der Waals surface area contributed by atoms with Crippen LogP contribution in [0.1, 0.15) is 0 Å². The van der Waals surface area contributed by atoms with Crippen LogP contribution in [0.3, 0.4) is 0 Å². The first-order valence-corrected chi connectivity index (χ1v) is 8.60. The summed E-state index contributed by atoms with van der Waals surface area (Å²) in [6.45, 7) is 0. The van der Waals surface area contributed by atoms with E-state index < -0.39 is 11.6 Å². The van der Waals surface area contributed by atoms with E-state index in [4.69, 9.17) is 0 Å². The van der Waals surface area contributed by atoms with Crippen molar-refractivity contribution < 1.29 is 19.0 Å². The zero-order valence-electron chi connectivity index (χ0n) is 14.7. The van der Waals surface area contributed by atoms with Crippen molar-refractivity contribution >= 4 is 21.8 Å². The van der Waals surface area contributed by atoms with E-state index in [0.717, 1.165) is 0 Å². The lowest BCUT2D eigenvalue weighted by Crippen LogP contribution is -1.84. The Morgan fingerprint density at radius 2 is 1.18 bits per heavy atom. The fraction of sp³-hybridized carbons (Fsp3) is 0.0476. The number of hydrogen-bond acceptors (Lipinski definition) is 2. The van der Waals surface area contributed by atoms with Crippen LogP contribution in [0.15, 0.2) is 48.8 Å². The van der Waals surface area contributed by atoms with Gasteiger partial charge in [-0.3, -0.25) is 4.57 Å². The molecule has 0 bridgehead atoms. The third-order valence-electron chi connectivity index (χ3n) is 5.16. The number of benzene rings is 2. The monoisotopic (exact) mass is 379 g/mol. The lowest BCUT2D eigenvalue weighted by atomic mass is 9.97. The van der Waals surface area contributed by atoms with Crippen molar-refractivity contribution in [3.8, 4) is 34.0 Å². The molecule has 0 aliphatic carbocycles. The summed E-state index contributed by atoms with van der Waals surface area (Å²) in [4.78, 5) is 6.10. The largest absolute Gasteiger partial charge is 0.494 e. The molecule has 3 heterocycles. The van der Waals surface area contributed by atoms with Gasteiger partial charge in [0.25, 0.3) is 0 Å². The molecular formula is C21H15F2N3O2. The summed E-state index contributed by atoms with van der Waals surface area (Å²) in [5, 5.41) is 22.6. The van der Waals surface area contributed by atoms with Gasteiger partial charge in [0, 0.05) is 52.4 Å². The molecule has 4 N–H and O–H groups in total. The topological polar surface area (TPSA) is 77.0 Å². The Labute approximate surface area is 157 Å². The number of H-pyrrole nitrogens is 2. The maximum Gasteiger partial charge on any atom is 0.202 e. The Balaban J connectivity index is 1.88. The molecule has 0 aliphatic heterocycles.